The summed E-state index contributed by atoms with van der Waals surface area (Å²) in [7, 11) is 3.56. The zero-order valence-corrected chi connectivity index (χ0v) is 43.3. The maximum atomic E-state index is 9.89. The van der Waals surface area contributed by atoms with Gasteiger partial charge >= 0.3 is 0 Å². The van der Waals surface area contributed by atoms with Gasteiger partial charge in [-0.25, -0.2) is 0 Å². The molecule has 0 bridgehead atoms. The second kappa shape index (κ2) is 27.4. The number of hydrogen-bond donors (Lipinski definition) is 0. The Kier molecular flexibility index (Phi) is 20.6. The normalized spacial score (nSPS) is 10.4. The SMILES string of the molecule is CCOc1ccc(-c2cc(-c3ccc(OC)cc3)s[c+](-c3ccc(OC)cc3)c2)cc1OCC.CCOc1ccc(-c2cc(-c3ccc(OC)cc3)s[c+](-c3ccc(OC)cc3)c2)cc1OCC.[O-]B([O-])F. The van der Waals surface area contributed by atoms with E-state index < -0.39 is 7.40 Å². The van der Waals surface area contributed by atoms with Crippen LogP contribution in [0.2, 0.25) is 0 Å². The van der Waals surface area contributed by atoms with Gasteiger partial charge in [-0.3, -0.25) is 0 Å². The summed E-state index contributed by atoms with van der Waals surface area (Å²) in [6.07, 6.45) is 0. The third kappa shape index (κ3) is 14.9. The van der Waals surface area contributed by atoms with Crippen LogP contribution in [0.1, 0.15) is 27.7 Å². The smallest absolute Gasteiger partial charge is 0.162 e. The van der Waals surface area contributed by atoms with Crippen LogP contribution in [0.3, 0.4) is 0 Å². The molecule has 0 fully saturated rings. The van der Waals surface area contributed by atoms with Gasteiger partial charge in [0.05, 0.1) is 75.7 Å². The molecule has 0 aliphatic heterocycles. The van der Waals surface area contributed by atoms with Gasteiger partial charge in [0.15, 0.2) is 23.0 Å². The molecule has 372 valence electrons. The van der Waals surface area contributed by atoms with E-state index in [2.05, 4.69) is 97.1 Å². The molecule has 10 nitrogen and oxygen atoms in total. The van der Waals surface area contributed by atoms with E-state index in [1.807, 2.05) is 88.4 Å². The van der Waals surface area contributed by atoms with E-state index in [0.29, 0.717) is 26.4 Å². The van der Waals surface area contributed by atoms with Gasteiger partial charge in [-0.15, -0.1) is 0 Å². The minimum atomic E-state index is -3.17. The van der Waals surface area contributed by atoms with E-state index in [1.54, 1.807) is 51.1 Å². The van der Waals surface area contributed by atoms with E-state index in [4.69, 9.17) is 47.9 Å². The van der Waals surface area contributed by atoms with Gasteiger partial charge in [0.1, 0.15) is 40.1 Å². The standard InChI is InChI=1S/2C29H29O4S.BFO2/c2*1-5-32-26-16-11-22(17-27(26)33-6-2)23-18-28(20-7-12-24(30-3)13-8-20)34-29(19-23)21-9-14-25(31-4)15-10-21;2-1(3)4/h2*7-19H,5-6H2,1-4H3;/q2*+1;-2. The summed E-state index contributed by atoms with van der Waals surface area (Å²) in [4.78, 5) is 4.66. The molecule has 0 unspecified atom stereocenters. The molecule has 0 saturated heterocycles. The van der Waals surface area contributed by atoms with Crippen LogP contribution < -0.4 is 47.9 Å². The topological polar surface area (TPSA) is 120 Å². The first-order chi connectivity index (χ1) is 35.0. The van der Waals surface area contributed by atoms with E-state index in [1.165, 1.54) is 0 Å². The van der Waals surface area contributed by atoms with Crippen LogP contribution in [0.25, 0.3) is 64.0 Å². The number of benzene rings is 6. The van der Waals surface area contributed by atoms with Crippen LogP contribution in [0.15, 0.2) is 158 Å². The first-order valence-corrected chi connectivity index (χ1v) is 25.0. The summed E-state index contributed by atoms with van der Waals surface area (Å²) in [6, 6.07) is 53.9. The highest BCUT2D eigenvalue weighted by molar-refractivity contribution is 7.18. The third-order valence-electron chi connectivity index (χ3n) is 10.8. The summed E-state index contributed by atoms with van der Waals surface area (Å²) >= 11 is 3.51. The Balaban J connectivity index is 0.000000219. The summed E-state index contributed by atoms with van der Waals surface area (Å²) in [5, 5.41) is 16.6. The maximum Gasteiger partial charge on any atom is 0.162 e. The van der Waals surface area contributed by atoms with E-state index in [0.717, 1.165) is 110 Å². The molecule has 72 heavy (non-hydrogen) atoms. The van der Waals surface area contributed by atoms with Gasteiger partial charge in [0.2, 0.25) is 0 Å². The van der Waals surface area contributed by atoms with Crippen molar-refractivity contribution in [1.29, 1.82) is 0 Å². The molecule has 8 rings (SSSR count). The highest BCUT2D eigenvalue weighted by atomic mass is 32.1. The molecule has 6 aromatic carbocycles. The summed E-state index contributed by atoms with van der Waals surface area (Å²) < 4.78 is 54.6. The minimum absolute atomic E-state index is 0.578. The molecule has 0 atom stereocenters. The van der Waals surface area contributed by atoms with Crippen molar-refractivity contribution in [2.75, 3.05) is 54.9 Å². The molecule has 0 amide bonds. The predicted molar refractivity (Wildman–Crippen MR) is 288 cm³/mol. The van der Waals surface area contributed by atoms with Gasteiger partial charge in [-0.1, -0.05) is 22.7 Å². The molecule has 0 aliphatic carbocycles. The fourth-order valence-electron chi connectivity index (χ4n) is 7.39. The first-order valence-electron chi connectivity index (χ1n) is 23.3. The van der Waals surface area contributed by atoms with Crippen LogP contribution >= 0.6 is 22.7 Å². The van der Waals surface area contributed by atoms with E-state index in [9.17, 15) is 4.32 Å². The average molecular weight is 1010 g/mol. The van der Waals surface area contributed by atoms with Crippen molar-refractivity contribution in [2.45, 2.75) is 27.7 Å². The number of rotatable bonds is 18. The fraction of sp³-hybridized carbons (Fsp3) is 0.207. The Labute approximate surface area is 430 Å². The zero-order valence-electron chi connectivity index (χ0n) is 41.7. The number of ether oxygens (including phenoxy) is 8. The molecule has 0 aliphatic rings. The Bertz CT molecular complexity index is 2610. The minimum Gasteiger partial charge on any atom is -0.867 e. The quantitative estimate of drug-likeness (QED) is 0.0607. The molecule has 14 heteroatoms. The number of methoxy groups -OCH3 is 4. The van der Waals surface area contributed by atoms with E-state index >= 15 is 0 Å². The molecular formula is C58H58BFO10S2. The summed E-state index contributed by atoms with van der Waals surface area (Å²) in [5.74, 6) is 6.40. The molecule has 0 radical (unpaired) electrons. The Hall–Kier alpha value is -7.23. The van der Waals surface area contributed by atoms with Crippen molar-refractivity contribution in [1.82, 2.24) is 0 Å². The number of hydrogen-bond acceptors (Lipinski definition) is 12. The Morgan fingerprint density at radius 3 is 0.958 bits per heavy atom. The van der Waals surface area contributed by atoms with Crippen LogP contribution in [0, 0.1) is 0 Å². The molecule has 0 N–H and O–H groups in total. The maximum absolute atomic E-state index is 9.89. The lowest BCUT2D eigenvalue weighted by Crippen LogP contribution is -2.39. The highest BCUT2D eigenvalue weighted by Crippen LogP contribution is 2.42. The van der Waals surface area contributed by atoms with Gasteiger partial charge < -0.3 is 52.3 Å². The Morgan fingerprint density at radius 1 is 0.389 bits per heavy atom. The lowest BCUT2D eigenvalue weighted by Gasteiger charge is -2.12. The lowest BCUT2D eigenvalue weighted by molar-refractivity contribution is -0.366. The van der Waals surface area contributed by atoms with Crippen molar-refractivity contribution in [3.63, 3.8) is 0 Å². The average Bonchev–Trinajstić information content (AvgIpc) is 3.42. The fourth-order valence-corrected chi connectivity index (χ4v) is 9.62. The highest BCUT2D eigenvalue weighted by Gasteiger charge is 2.19. The lowest BCUT2D eigenvalue weighted by atomic mass is 10.0. The van der Waals surface area contributed by atoms with Crippen LogP contribution in [0.5, 0.6) is 46.0 Å². The van der Waals surface area contributed by atoms with Crippen LogP contribution in [0.4, 0.5) is 4.32 Å². The summed E-state index contributed by atoms with van der Waals surface area (Å²) in [5.41, 5.74) is 8.92. The van der Waals surface area contributed by atoms with E-state index in [-0.39, 0.29) is 0 Å². The monoisotopic (exact) mass is 1010 g/mol. The van der Waals surface area contributed by atoms with Crippen molar-refractivity contribution >= 4 is 30.1 Å². The van der Waals surface area contributed by atoms with Crippen molar-refractivity contribution < 1.29 is 52.3 Å². The molecule has 0 saturated carbocycles. The molecule has 0 spiro atoms. The molecule has 2 heterocycles. The largest absolute Gasteiger partial charge is 0.867 e. The summed E-state index contributed by atoms with van der Waals surface area (Å²) in [6.45, 7) is 10.3. The van der Waals surface area contributed by atoms with Crippen LogP contribution in [-0.2, 0) is 0 Å². The Morgan fingerprint density at radius 2 is 0.667 bits per heavy atom. The van der Waals surface area contributed by atoms with Crippen molar-refractivity contribution in [2.24, 2.45) is 0 Å². The van der Waals surface area contributed by atoms with Crippen molar-refractivity contribution in [3.8, 4) is 110 Å². The second-order valence-electron chi connectivity index (χ2n) is 15.4. The first kappa shape index (κ1) is 54.1. The number of halogens is 1. The molecular weight excluding hydrogens is 951 g/mol. The van der Waals surface area contributed by atoms with Crippen LogP contribution in [-0.4, -0.2) is 62.3 Å². The predicted octanol–water partition coefficient (Wildman–Crippen LogP) is 13.4. The van der Waals surface area contributed by atoms with Gasteiger partial charge in [-0.2, -0.15) is 0 Å². The van der Waals surface area contributed by atoms with Gasteiger partial charge in [-0.05, 0) is 113 Å². The van der Waals surface area contributed by atoms with Gasteiger partial charge in [0, 0.05) is 106 Å². The van der Waals surface area contributed by atoms with Gasteiger partial charge in [0.25, 0.3) is 0 Å². The second-order valence-corrected chi connectivity index (χ2v) is 17.6. The van der Waals surface area contributed by atoms with Crippen molar-refractivity contribution in [3.05, 3.63) is 158 Å². The zero-order chi connectivity index (χ0) is 51.4. The third-order valence-corrected chi connectivity index (χ3v) is 13.1. The molecule has 2 aromatic heterocycles. The molecule has 8 aromatic rings.